The minimum Gasteiger partial charge on any atom is -0.387 e. The van der Waals surface area contributed by atoms with Crippen LogP contribution in [0.25, 0.3) is 0 Å². The van der Waals surface area contributed by atoms with Crippen molar-refractivity contribution in [2.45, 2.75) is 29.9 Å². The molecule has 0 spiro atoms. The van der Waals surface area contributed by atoms with Crippen LogP contribution in [0.15, 0.2) is 77.8 Å². The van der Waals surface area contributed by atoms with E-state index in [1.54, 1.807) is 24.3 Å². The monoisotopic (exact) mass is 396 g/mol. The van der Waals surface area contributed by atoms with E-state index in [4.69, 9.17) is 0 Å². The zero-order valence-electron chi connectivity index (χ0n) is 15.8. The fourth-order valence-corrected chi connectivity index (χ4v) is 5.80. The number of sulfonamides is 1. The smallest absolute Gasteiger partial charge is 0.243 e. The molecule has 2 aromatic carbocycles. The largest absolute Gasteiger partial charge is 0.387 e. The highest BCUT2D eigenvalue weighted by Gasteiger charge is 2.43. The maximum atomic E-state index is 13.4. The number of hydrogen-bond donors (Lipinski definition) is 1. The van der Waals surface area contributed by atoms with Gasteiger partial charge in [-0.25, -0.2) is 8.42 Å². The normalized spacial score (nSPS) is 21.4. The lowest BCUT2D eigenvalue weighted by Gasteiger charge is -2.39. The van der Waals surface area contributed by atoms with E-state index < -0.39 is 22.2 Å². The van der Waals surface area contributed by atoms with Gasteiger partial charge in [-0.2, -0.15) is 4.31 Å². The first-order valence-corrected chi connectivity index (χ1v) is 10.9. The summed E-state index contributed by atoms with van der Waals surface area (Å²) in [5, 5.41) is 11.1. The fourth-order valence-electron chi connectivity index (χ4n) is 3.94. The molecule has 0 bridgehead atoms. The molecule has 0 unspecified atom stereocenters. The molecule has 3 aromatic rings. The van der Waals surface area contributed by atoms with Gasteiger partial charge in [0.2, 0.25) is 10.0 Å². The lowest BCUT2D eigenvalue weighted by Crippen LogP contribution is -2.49. The van der Waals surface area contributed by atoms with Gasteiger partial charge in [-0.3, -0.25) is 0 Å². The number of fused-ring (bicyclic) bond motifs is 1. The van der Waals surface area contributed by atoms with E-state index in [9.17, 15) is 13.5 Å². The van der Waals surface area contributed by atoms with Crippen LogP contribution in [0.5, 0.6) is 0 Å². The van der Waals surface area contributed by atoms with Crippen molar-refractivity contribution in [2.75, 3.05) is 6.54 Å². The van der Waals surface area contributed by atoms with Crippen LogP contribution < -0.4 is 0 Å². The molecule has 28 heavy (non-hydrogen) atoms. The zero-order chi connectivity index (χ0) is 19.7. The van der Waals surface area contributed by atoms with Crippen LogP contribution in [-0.2, 0) is 29.9 Å². The van der Waals surface area contributed by atoms with Crippen molar-refractivity contribution in [1.82, 2.24) is 8.87 Å². The Morgan fingerprint density at radius 3 is 2.39 bits per heavy atom. The summed E-state index contributed by atoms with van der Waals surface area (Å²) in [5.74, 6) is 0. The van der Waals surface area contributed by atoms with Crippen LogP contribution >= 0.6 is 0 Å². The standard InChI is InChI=1S/C22H24N2O3S/c1-23-14-7-10-18(23)16-20-22(25)19-11-5-6-12-21(19)28(26,27)24(20)15-13-17-8-3-2-4-9-17/h2-12,14,20,22,25H,13,15-16H2,1H3/t20-,22+/m0/s1. The van der Waals surface area contributed by atoms with Crippen LogP contribution in [0.2, 0.25) is 0 Å². The predicted octanol–water partition coefficient (Wildman–Crippen LogP) is 2.92. The second kappa shape index (κ2) is 7.54. The van der Waals surface area contributed by atoms with Crippen molar-refractivity contribution in [3.05, 3.63) is 89.7 Å². The van der Waals surface area contributed by atoms with E-state index in [0.717, 1.165) is 11.3 Å². The number of aliphatic hydroxyl groups is 1. The molecule has 1 aromatic heterocycles. The number of aryl methyl sites for hydroxylation is 1. The summed E-state index contributed by atoms with van der Waals surface area (Å²) < 4.78 is 30.3. The molecule has 0 saturated carbocycles. The van der Waals surface area contributed by atoms with Gasteiger partial charge in [-0.15, -0.1) is 0 Å². The van der Waals surface area contributed by atoms with Crippen LogP contribution in [0.1, 0.15) is 22.9 Å². The fraction of sp³-hybridized carbons (Fsp3) is 0.273. The first-order chi connectivity index (χ1) is 13.5. The first kappa shape index (κ1) is 18.9. The van der Waals surface area contributed by atoms with Crippen molar-refractivity contribution in [3.63, 3.8) is 0 Å². The van der Waals surface area contributed by atoms with E-state index in [2.05, 4.69) is 0 Å². The van der Waals surface area contributed by atoms with Gasteiger partial charge in [-0.1, -0.05) is 48.5 Å². The van der Waals surface area contributed by atoms with E-state index >= 15 is 0 Å². The van der Waals surface area contributed by atoms with Crippen LogP contribution in [-0.4, -0.2) is 35.0 Å². The Hall–Kier alpha value is -2.41. The minimum atomic E-state index is -3.69. The summed E-state index contributed by atoms with van der Waals surface area (Å²) >= 11 is 0. The van der Waals surface area contributed by atoms with Crippen molar-refractivity contribution < 1.29 is 13.5 Å². The Kier molecular flexibility index (Phi) is 5.10. The Morgan fingerprint density at radius 1 is 0.964 bits per heavy atom. The van der Waals surface area contributed by atoms with E-state index in [-0.39, 0.29) is 4.90 Å². The van der Waals surface area contributed by atoms with Gasteiger partial charge < -0.3 is 9.67 Å². The Balaban J connectivity index is 1.72. The molecular weight excluding hydrogens is 372 g/mol. The molecular formula is C22H24N2O3S. The van der Waals surface area contributed by atoms with Gasteiger partial charge in [0.05, 0.1) is 17.0 Å². The maximum Gasteiger partial charge on any atom is 0.243 e. The molecule has 1 N–H and O–H groups in total. The topological polar surface area (TPSA) is 62.5 Å². The molecule has 2 atom stereocenters. The number of aromatic nitrogens is 1. The van der Waals surface area contributed by atoms with E-state index in [1.807, 2.05) is 60.3 Å². The third-order valence-electron chi connectivity index (χ3n) is 5.49. The number of nitrogens with zero attached hydrogens (tertiary/aromatic N) is 2. The molecule has 146 valence electrons. The van der Waals surface area contributed by atoms with Gasteiger partial charge in [0.15, 0.2) is 0 Å². The van der Waals surface area contributed by atoms with Gasteiger partial charge in [0.1, 0.15) is 0 Å². The second-order valence-corrected chi connectivity index (χ2v) is 9.07. The molecule has 5 nitrogen and oxygen atoms in total. The van der Waals surface area contributed by atoms with Gasteiger partial charge in [0.25, 0.3) is 0 Å². The number of benzene rings is 2. The molecule has 0 saturated heterocycles. The Morgan fingerprint density at radius 2 is 1.68 bits per heavy atom. The van der Waals surface area contributed by atoms with Crippen molar-refractivity contribution in [1.29, 1.82) is 0 Å². The lowest BCUT2D eigenvalue weighted by molar-refractivity contribution is 0.0792. The third-order valence-corrected chi connectivity index (χ3v) is 7.49. The molecule has 1 aliphatic rings. The highest BCUT2D eigenvalue weighted by atomic mass is 32.2. The number of rotatable bonds is 5. The zero-order valence-corrected chi connectivity index (χ0v) is 16.6. The SMILES string of the molecule is Cn1cccc1C[C@H]1[C@H](O)c2ccccc2S(=O)(=O)N1CCc1ccccc1. The summed E-state index contributed by atoms with van der Waals surface area (Å²) in [4.78, 5) is 0.207. The third kappa shape index (κ3) is 3.39. The molecule has 0 radical (unpaired) electrons. The summed E-state index contributed by atoms with van der Waals surface area (Å²) in [6, 6.07) is 20.0. The predicted molar refractivity (Wildman–Crippen MR) is 108 cm³/mol. The maximum absolute atomic E-state index is 13.4. The summed E-state index contributed by atoms with van der Waals surface area (Å²) in [5.41, 5.74) is 2.55. The number of hydrogen-bond acceptors (Lipinski definition) is 3. The van der Waals surface area contributed by atoms with Gasteiger partial charge >= 0.3 is 0 Å². The minimum absolute atomic E-state index is 0.207. The summed E-state index contributed by atoms with van der Waals surface area (Å²) in [6.07, 6.45) is 2.11. The first-order valence-electron chi connectivity index (χ1n) is 9.41. The van der Waals surface area contributed by atoms with Crippen LogP contribution in [0.4, 0.5) is 0 Å². The molecule has 1 aliphatic heterocycles. The summed E-state index contributed by atoms with van der Waals surface area (Å²) in [6.45, 7) is 0.326. The van der Waals surface area contributed by atoms with Crippen LogP contribution in [0.3, 0.4) is 0 Å². The molecule has 0 fully saturated rings. The molecule has 4 rings (SSSR count). The molecule has 0 amide bonds. The average Bonchev–Trinajstić information content (AvgIpc) is 3.11. The van der Waals surface area contributed by atoms with Gasteiger partial charge in [-0.05, 0) is 30.2 Å². The van der Waals surface area contributed by atoms with E-state index in [1.165, 1.54) is 4.31 Å². The Bertz CT molecular complexity index is 1060. The average molecular weight is 397 g/mol. The summed E-state index contributed by atoms with van der Waals surface area (Å²) in [7, 11) is -1.76. The van der Waals surface area contributed by atoms with Crippen molar-refractivity contribution in [2.24, 2.45) is 7.05 Å². The van der Waals surface area contributed by atoms with Crippen LogP contribution in [0, 0.1) is 0 Å². The Labute approximate surface area is 165 Å². The molecule has 6 heteroatoms. The molecule has 0 aliphatic carbocycles. The quantitative estimate of drug-likeness (QED) is 0.721. The second-order valence-electron chi connectivity index (χ2n) is 7.22. The lowest BCUT2D eigenvalue weighted by atomic mass is 9.97. The van der Waals surface area contributed by atoms with E-state index in [0.29, 0.717) is 24.9 Å². The molecule has 2 heterocycles. The number of aliphatic hydroxyl groups excluding tert-OH is 1. The highest BCUT2D eigenvalue weighted by Crippen LogP contribution is 2.38. The van der Waals surface area contributed by atoms with Crippen molar-refractivity contribution in [3.8, 4) is 0 Å². The van der Waals surface area contributed by atoms with Crippen molar-refractivity contribution >= 4 is 10.0 Å². The van der Waals surface area contributed by atoms with Gasteiger partial charge in [0, 0.05) is 37.5 Å². The highest BCUT2D eigenvalue weighted by molar-refractivity contribution is 7.89.